The summed E-state index contributed by atoms with van der Waals surface area (Å²) in [6, 6.07) is 8.69. The summed E-state index contributed by atoms with van der Waals surface area (Å²) in [6.07, 6.45) is 1.94. The van der Waals surface area contributed by atoms with E-state index in [1.54, 1.807) is 0 Å². The topological polar surface area (TPSA) is 21.3 Å². The molecule has 0 heterocycles. The van der Waals surface area contributed by atoms with Crippen molar-refractivity contribution in [3.8, 4) is 5.75 Å². The van der Waals surface area contributed by atoms with Gasteiger partial charge in [0.15, 0.2) is 0 Å². The number of hydrogen-bond acceptors (Lipinski definition) is 3. The fourth-order valence-electron chi connectivity index (χ4n) is 1.65. The van der Waals surface area contributed by atoms with Crippen LogP contribution in [0.1, 0.15) is 25.5 Å². The molecule has 2 nitrogen and oxygen atoms in total. The van der Waals surface area contributed by atoms with Crippen LogP contribution in [-0.4, -0.2) is 24.7 Å². The lowest BCUT2D eigenvalue weighted by atomic mass is 10.1. The van der Waals surface area contributed by atoms with Crippen LogP contribution < -0.4 is 10.1 Å². The summed E-state index contributed by atoms with van der Waals surface area (Å²) in [6.45, 7) is 9.64. The predicted molar refractivity (Wildman–Crippen MR) is 81.6 cm³/mol. The molecular weight excluding hydrogens is 242 g/mol. The third-order valence-electron chi connectivity index (χ3n) is 2.62. The molecule has 0 bridgehead atoms. The second kappa shape index (κ2) is 9.06. The smallest absolute Gasteiger partial charge is 0.119 e. The molecule has 100 valence electrons. The summed E-state index contributed by atoms with van der Waals surface area (Å²) in [5, 5.41) is 3.51. The lowest BCUT2D eigenvalue weighted by molar-refractivity contribution is 0.340. The van der Waals surface area contributed by atoms with Crippen molar-refractivity contribution in [2.45, 2.75) is 19.9 Å². The highest BCUT2D eigenvalue weighted by Gasteiger charge is 2.04. The van der Waals surface area contributed by atoms with Crippen molar-refractivity contribution in [3.63, 3.8) is 0 Å². The molecular formula is C15H23NOS. The minimum atomic E-state index is 0.380. The van der Waals surface area contributed by atoms with Crippen molar-refractivity contribution < 1.29 is 4.74 Å². The quantitative estimate of drug-likeness (QED) is 0.544. The fourth-order valence-corrected chi connectivity index (χ4v) is 2.25. The van der Waals surface area contributed by atoms with Gasteiger partial charge in [-0.25, -0.2) is 0 Å². The number of thioether (sulfide) groups is 1. The minimum Gasteiger partial charge on any atom is -0.494 e. The summed E-state index contributed by atoms with van der Waals surface area (Å²) in [7, 11) is 0. The van der Waals surface area contributed by atoms with Crippen LogP contribution >= 0.6 is 11.8 Å². The monoisotopic (exact) mass is 265 g/mol. The number of ether oxygens (including phenoxy) is 1. The second-order valence-electron chi connectivity index (χ2n) is 4.04. The molecule has 0 amide bonds. The SMILES string of the molecule is C=CCSCCNC(C)c1ccc(OCC)cc1. The zero-order chi connectivity index (χ0) is 13.2. The maximum atomic E-state index is 5.43. The third-order valence-corrected chi connectivity index (χ3v) is 3.59. The molecule has 0 saturated carbocycles. The zero-order valence-corrected chi connectivity index (χ0v) is 12.1. The highest BCUT2D eigenvalue weighted by Crippen LogP contribution is 2.17. The van der Waals surface area contributed by atoms with Gasteiger partial charge in [0.1, 0.15) is 5.75 Å². The van der Waals surface area contributed by atoms with Crippen LogP contribution in [0.3, 0.4) is 0 Å². The third kappa shape index (κ3) is 5.61. The Hall–Kier alpha value is -0.930. The van der Waals surface area contributed by atoms with Crippen molar-refractivity contribution >= 4 is 11.8 Å². The van der Waals surface area contributed by atoms with Gasteiger partial charge in [-0.3, -0.25) is 0 Å². The molecule has 1 aromatic carbocycles. The molecule has 0 spiro atoms. The van der Waals surface area contributed by atoms with E-state index in [2.05, 4.69) is 31.0 Å². The van der Waals surface area contributed by atoms with Crippen LogP contribution in [-0.2, 0) is 0 Å². The number of nitrogens with one attached hydrogen (secondary N) is 1. The molecule has 0 aromatic heterocycles. The van der Waals surface area contributed by atoms with Gasteiger partial charge in [-0.15, -0.1) is 6.58 Å². The van der Waals surface area contributed by atoms with Gasteiger partial charge in [-0.05, 0) is 31.5 Å². The largest absolute Gasteiger partial charge is 0.494 e. The van der Waals surface area contributed by atoms with Crippen LogP contribution in [0.4, 0.5) is 0 Å². The maximum absolute atomic E-state index is 5.43. The normalized spacial score (nSPS) is 12.1. The van der Waals surface area contributed by atoms with Crippen LogP contribution in [0.2, 0.25) is 0 Å². The Morgan fingerprint density at radius 2 is 2.11 bits per heavy atom. The van der Waals surface area contributed by atoms with Crippen LogP contribution in [0.5, 0.6) is 5.75 Å². The first-order valence-electron chi connectivity index (χ1n) is 6.42. The van der Waals surface area contributed by atoms with Gasteiger partial charge in [0.05, 0.1) is 6.61 Å². The summed E-state index contributed by atoms with van der Waals surface area (Å²) in [4.78, 5) is 0. The van der Waals surface area contributed by atoms with Gasteiger partial charge < -0.3 is 10.1 Å². The van der Waals surface area contributed by atoms with E-state index in [9.17, 15) is 0 Å². The Bertz CT molecular complexity index is 337. The highest BCUT2D eigenvalue weighted by molar-refractivity contribution is 7.99. The lowest BCUT2D eigenvalue weighted by Crippen LogP contribution is -2.21. The molecule has 18 heavy (non-hydrogen) atoms. The molecule has 1 aromatic rings. The van der Waals surface area contributed by atoms with Crippen LogP contribution in [0.25, 0.3) is 0 Å². The maximum Gasteiger partial charge on any atom is 0.119 e. The van der Waals surface area contributed by atoms with Gasteiger partial charge in [0.25, 0.3) is 0 Å². The van der Waals surface area contributed by atoms with E-state index in [1.165, 1.54) is 5.56 Å². The molecule has 1 N–H and O–H groups in total. The molecule has 0 aliphatic rings. The van der Waals surface area contributed by atoms with Crippen molar-refractivity contribution in [2.24, 2.45) is 0 Å². The first kappa shape index (κ1) is 15.1. The predicted octanol–water partition coefficient (Wildman–Crippen LogP) is 3.66. The Balaban J connectivity index is 2.32. The average molecular weight is 265 g/mol. The van der Waals surface area contributed by atoms with Gasteiger partial charge in [-0.2, -0.15) is 11.8 Å². The molecule has 0 aliphatic heterocycles. The Morgan fingerprint density at radius 3 is 2.72 bits per heavy atom. The van der Waals surface area contributed by atoms with Gasteiger partial charge in [0, 0.05) is 24.1 Å². The van der Waals surface area contributed by atoms with Gasteiger partial charge >= 0.3 is 0 Å². The van der Waals surface area contributed by atoms with Crippen molar-refractivity contribution in [1.82, 2.24) is 5.32 Å². The van der Waals surface area contributed by atoms with E-state index < -0.39 is 0 Å². The average Bonchev–Trinajstić information content (AvgIpc) is 2.39. The van der Waals surface area contributed by atoms with E-state index >= 15 is 0 Å². The molecule has 1 atom stereocenters. The standard InChI is InChI=1S/C15H23NOS/c1-4-11-18-12-10-16-13(3)14-6-8-15(9-7-14)17-5-2/h4,6-9,13,16H,1,5,10-12H2,2-3H3. The summed E-state index contributed by atoms with van der Waals surface area (Å²) in [5.74, 6) is 3.09. The van der Waals surface area contributed by atoms with Crippen LogP contribution in [0.15, 0.2) is 36.9 Å². The van der Waals surface area contributed by atoms with Crippen molar-refractivity contribution in [3.05, 3.63) is 42.5 Å². The van der Waals surface area contributed by atoms with Gasteiger partial charge in [-0.1, -0.05) is 18.2 Å². The molecule has 0 fully saturated rings. The number of benzene rings is 1. The van der Waals surface area contributed by atoms with Crippen molar-refractivity contribution in [1.29, 1.82) is 0 Å². The number of rotatable bonds is 9. The fraction of sp³-hybridized carbons (Fsp3) is 0.467. The molecule has 1 unspecified atom stereocenters. The van der Waals surface area contributed by atoms with E-state index in [1.807, 2.05) is 36.9 Å². The molecule has 0 radical (unpaired) electrons. The van der Waals surface area contributed by atoms with Gasteiger partial charge in [0.2, 0.25) is 0 Å². The Labute approximate surface area is 115 Å². The number of hydrogen-bond donors (Lipinski definition) is 1. The second-order valence-corrected chi connectivity index (χ2v) is 5.19. The first-order chi connectivity index (χ1) is 8.77. The Kier molecular flexibility index (Phi) is 7.62. The minimum absolute atomic E-state index is 0.380. The summed E-state index contributed by atoms with van der Waals surface area (Å²) < 4.78 is 5.43. The van der Waals surface area contributed by atoms with Crippen molar-refractivity contribution in [2.75, 3.05) is 24.7 Å². The van der Waals surface area contributed by atoms with E-state index in [0.717, 1.165) is 23.8 Å². The van der Waals surface area contributed by atoms with Crippen LogP contribution in [0, 0.1) is 0 Å². The zero-order valence-electron chi connectivity index (χ0n) is 11.3. The first-order valence-corrected chi connectivity index (χ1v) is 7.58. The molecule has 1 rings (SSSR count). The Morgan fingerprint density at radius 1 is 1.39 bits per heavy atom. The molecule has 0 aliphatic carbocycles. The van der Waals surface area contributed by atoms with E-state index in [0.29, 0.717) is 12.6 Å². The lowest BCUT2D eigenvalue weighted by Gasteiger charge is -2.14. The molecule has 0 saturated heterocycles. The van der Waals surface area contributed by atoms with E-state index in [-0.39, 0.29) is 0 Å². The van der Waals surface area contributed by atoms with E-state index in [4.69, 9.17) is 4.74 Å². The summed E-state index contributed by atoms with van der Waals surface area (Å²) in [5.41, 5.74) is 1.30. The summed E-state index contributed by atoms with van der Waals surface area (Å²) >= 11 is 1.90. The molecule has 3 heteroatoms. The highest BCUT2D eigenvalue weighted by atomic mass is 32.2.